The topological polar surface area (TPSA) is 123 Å². The number of aliphatic hydroxyl groups is 1. The summed E-state index contributed by atoms with van der Waals surface area (Å²) >= 11 is 0. The van der Waals surface area contributed by atoms with E-state index in [1.165, 1.54) is 24.3 Å². The van der Waals surface area contributed by atoms with Crippen LogP contribution >= 0.6 is 0 Å². The fourth-order valence-corrected chi connectivity index (χ4v) is 4.06. The van der Waals surface area contributed by atoms with Gasteiger partial charge in [0.05, 0.1) is 4.90 Å². The molecule has 0 aliphatic carbocycles. The maximum absolute atomic E-state index is 12.3. The number of rotatable bonds is 10. The lowest BCUT2D eigenvalue weighted by Crippen LogP contribution is -2.35. The molecule has 168 valence electrons. The van der Waals surface area contributed by atoms with Crippen molar-refractivity contribution in [2.45, 2.75) is 37.3 Å². The van der Waals surface area contributed by atoms with E-state index in [1.807, 2.05) is 6.92 Å². The van der Waals surface area contributed by atoms with E-state index in [-0.39, 0.29) is 36.4 Å². The summed E-state index contributed by atoms with van der Waals surface area (Å²) in [4.78, 5) is 12.4. The van der Waals surface area contributed by atoms with Crippen LogP contribution in [0.3, 0.4) is 0 Å². The summed E-state index contributed by atoms with van der Waals surface area (Å²) < 4.78 is 43.1. The molecule has 0 saturated carbocycles. The maximum Gasteiger partial charge on any atom is 0.251 e. The monoisotopic (exact) mass is 450 g/mol. The summed E-state index contributed by atoms with van der Waals surface area (Å²) in [5.41, 5.74) is 0.284. The zero-order valence-electron chi connectivity index (χ0n) is 17.3. The predicted octanol–water partition coefficient (Wildman–Crippen LogP) is 1.66. The van der Waals surface area contributed by atoms with Crippen molar-refractivity contribution in [1.82, 2.24) is 10.0 Å². The van der Waals surface area contributed by atoms with Crippen molar-refractivity contribution >= 4 is 15.9 Å². The van der Waals surface area contributed by atoms with Crippen LogP contribution in [0.25, 0.3) is 0 Å². The van der Waals surface area contributed by atoms with Gasteiger partial charge in [-0.25, -0.2) is 13.1 Å². The lowest BCUT2D eigenvalue weighted by Gasteiger charge is -2.14. The second-order valence-corrected chi connectivity index (χ2v) is 8.86. The van der Waals surface area contributed by atoms with E-state index >= 15 is 0 Å². The number of benzene rings is 2. The van der Waals surface area contributed by atoms with Gasteiger partial charge in [0.15, 0.2) is 11.5 Å². The number of carbonyl (C=O) groups is 1. The summed E-state index contributed by atoms with van der Waals surface area (Å²) in [6, 6.07) is 10.5. The van der Waals surface area contributed by atoms with Crippen LogP contribution in [-0.4, -0.2) is 51.5 Å². The Morgan fingerprint density at radius 3 is 2.58 bits per heavy atom. The highest BCUT2D eigenvalue weighted by Crippen LogP contribution is 2.35. The molecule has 2 unspecified atom stereocenters. The van der Waals surface area contributed by atoms with Crippen LogP contribution in [0.4, 0.5) is 0 Å². The van der Waals surface area contributed by atoms with Gasteiger partial charge in [-0.2, -0.15) is 0 Å². The number of ether oxygens (including phenoxy) is 3. The molecular weight excluding hydrogens is 424 g/mol. The molecule has 1 heterocycles. The second-order valence-electron chi connectivity index (χ2n) is 7.14. The molecule has 9 nitrogen and oxygen atoms in total. The maximum atomic E-state index is 12.3. The van der Waals surface area contributed by atoms with Crippen LogP contribution in [0.5, 0.6) is 17.2 Å². The smallest absolute Gasteiger partial charge is 0.251 e. The summed E-state index contributed by atoms with van der Waals surface area (Å²) in [5, 5.41) is 12.7. The molecule has 1 aliphatic rings. The Morgan fingerprint density at radius 1 is 1.16 bits per heavy atom. The molecule has 31 heavy (non-hydrogen) atoms. The third-order valence-electron chi connectivity index (χ3n) is 4.68. The van der Waals surface area contributed by atoms with Crippen molar-refractivity contribution < 1.29 is 32.5 Å². The molecule has 2 atom stereocenters. The lowest BCUT2D eigenvalue weighted by atomic mass is 10.2. The van der Waals surface area contributed by atoms with Crippen LogP contribution in [0.15, 0.2) is 47.4 Å². The zero-order chi connectivity index (χ0) is 22.4. The molecule has 1 amide bonds. The van der Waals surface area contributed by atoms with Gasteiger partial charge in [-0.15, -0.1) is 0 Å². The summed E-state index contributed by atoms with van der Waals surface area (Å²) in [5.74, 6) is 1.29. The highest BCUT2D eigenvalue weighted by atomic mass is 32.2. The van der Waals surface area contributed by atoms with E-state index in [2.05, 4.69) is 10.0 Å². The lowest BCUT2D eigenvalue weighted by molar-refractivity contribution is 0.0843. The Labute approximate surface area is 181 Å². The van der Waals surface area contributed by atoms with Gasteiger partial charge >= 0.3 is 0 Å². The molecule has 0 fully saturated rings. The number of sulfonamides is 1. The number of fused-ring (bicyclic) bond motifs is 1. The van der Waals surface area contributed by atoms with Gasteiger partial charge in [-0.1, -0.05) is 6.92 Å². The van der Waals surface area contributed by atoms with Gasteiger partial charge in [0.2, 0.25) is 16.8 Å². The van der Waals surface area contributed by atoms with Crippen molar-refractivity contribution in [1.29, 1.82) is 0 Å². The summed E-state index contributed by atoms with van der Waals surface area (Å²) in [6.07, 6.45) is -0.269. The number of nitrogens with one attached hydrogen (secondary N) is 2. The number of hydrogen-bond acceptors (Lipinski definition) is 7. The summed E-state index contributed by atoms with van der Waals surface area (Å²) in [6.45, 7) is 3.77. The van der Waals surface area contributed by atoms with E-state index in [1.54, 1.807) is 25.1 Å². The Kier molecular flexibility index (Phi) is 7.37. The Morgan fingerprint density at radius 2 is 1.87 bits per heavy atom. The van der Waals surface area contributed by atoms with Crippen molar-refractivity contribution in [3.63, 3.8) is 0 Å². The fraction of sp³-hybridized carbons (Fsp3) is 0.381. The third-order valence-corrected chi connectivity index (χ3v) is 6.29. The molecule has 0 radical (unpaired) electrons. The highest BCUT2D eigenvalue weighted by Gasteiger charge is 2.18. The predicted molar refractivity (Wildman–Crippen MR) is 113 cm³/mol. The first-order valence-corrected chi connectivity index (χ1v) is 11.4. The molecule has 0 aromatic heterocycles. The van der Waals surface area contributed by atoms with E-state index in [0.717, 1.165) is 0 Å². The van der Waals surface area contributed by atoms with Crippen LogP contribution in [-0.2, 0) is 10.0 Å². The Balaban J connectivity index is 1.47. The molecular formula is C21H26N2O7S. The van der Waals surface area contributed by atoms with Crippen LogP contribution < -0.4 is 24.2 Å². The highest BCUT2D eigenvalue weighted by molar-refractivity contribution is 7.89. The van der Waals surface area contributed by atoms with E-state index in [0.29, 0.717) is 23.7 Å². The SMILES string of the molecule is CCC(C)NS(=O)(=O)c1ccc(C(=O)NCC(O)COc2ccc3c(c2)OCO3)cc1. The van der Waals surface area contributed by atoms with E-state index < -0.39 is 22.0 Å². The van der Waals surface area contributed by atoms with Gasteiger partial charge in [0, 0.05) is 24.2 Å². The first kappa shape index (κ1) is 22.9. The molecule has 1 aliphatic heterocycles. The van der Waals surface area contributed by atoms with Crippen LogP contribution in [0.1, 0.15) is 30.6 Å². The fourth-order valence-electron chi connectivity index (χ4n) is 2.73. The quantitative estimate of drug-likeness (QED) is 0.503. The van der Waals surface area contributed by atoms with Gasteiger partial charge in [-0.3, -0.25) is 4.79 Å². The largest absolute Gasteiger partial charge is 0.491 e. The minimum atomic E-state index is -3.63. The van der Waals surface area contributed by atoms with Gasteiger partial charge < -0.3 is 24.6 Å². The van der Waals surface area contributed by atoms with Crippen molar-refractivity contribution in [2.75, 3.05) is 19.9 Å². The summed E-state index contributed by atoms with van der Waals surface area (Å²) in [7, 11) is -3.63. The molecule has 2 aromatic rings. The van der Waals surface area contributed by atoms with Gasteiger partial charge in [0.25, 0.3) is 5.91 Å². The average Bonchev–Trinajstić information content (AvgIpc) is 3.23. The second kappa shape index (κ2) is 9.99. The minimum absolute atomic E-state index is 0.0288. The van der Waals surface area contributed by atoms with Gasteiger partial charge in [0.1, 0.15) is 18.5 Å². The minimum Gasteiger partial charge on any atom is -0.491 e. The van der Waals surface area contributed by atoms with E-state index in [4.69, 9.17) is 14.2 Å². The Bertz CT molecular complexity index is 1010. The molecule has 0 bridgehead atoms. The number of amides is 1. The van der Waals surface area contributed by atoms with Crippen molar-refractivity contribution in [3.05, 3.63) is 48.0 Å². The number of carbonyl (C=O) groups excluding carboxylic acids is 1. The standard InChI is InChI=1S/C21H26N2O7S/c1-3-14(2)23-31(26,27)18-7-4-15(5-8-18)21(25)22-11-16(24)12-28-17-6-9-19-20(10-17)30-13-29-19/h4-10,14,16,23-24H,3,11-13H2,1-2H3,(H,22,25). The molecule has 3 N–H and O–H groups in total. The number of hydrogen-bond donors (Lipinski definition) is 3. The van der Waals surface area contributed by atoms with Gasteiger partial charge in [-0.05, 0) is 49.7 Å². The first-order valence-electron chi connectivity index (χ1n) is 9.89. The van der Waals surface area contributed by atoms with Crippen molar-refractivity contribution in [2.24, 2.45) is 0 Å². The normalized spacial score (nSPS) is 14.7. The zero-order valence-corrected chi connectivity index (χ0v) is 18.1. The molecule has 0 saturated heterocycles. The van der Waals surface area contributed by atoms with Crippen LogP contribution in [0.2, 0.25) is 0 Å². The van der Waals surface area contributed by atoms with Crippen molar-refractivity contribution in [3.8, 4) is 17.2 Å². The first-order chi connectivity index (χ1) is 14.8. The number of aliphatic hydroxyl groups excluding tert-OH is 1. The average molecular weight is 451 g/mol. The molecule has 3 rings (SSSR count). The molecule has 0 spiro atoms. The van der Waals surface area contributed by atoms with E-state index in [9.17, 15) is 18.3 Å². The Hall–Kier alpha value is -2.82. The molecule has 10 heteroatoms. The van der Waals surface area contributed by atoms with Crippen LogP contribution in [0, 0.1) is 0 Å². The third kappa shape index (κ3) is 6.09. The molecule has 2 aromatic carbocycles.